The van der Waals surface area contributed by atoms with Crippen molar-refractivity contribution in [1.29, 1.82) is 0 Å². The highest BCUT2D eigenvalue weighted by Crippen LogP contribution is 2.22. The summed E-state index contributed by atoms with van der Waals surface area (Å²) in [5.74, 6) is -1.08. The standard InChI is InChI=1S/C13H13N3O2/c14-13(12(17)18,10-4-2-1-3-5-10)8-11-9-15-6-7-16-11/h1-7,9H,8,14H2,(H,17,18). The van der Waals surface area contributed by atoms with Gasteiger partial charge < -0.3 is 10.8 Å². The molecule has 0 radical (unpaired) electrons. The highest BCUT2D eigenvalue weighted by molar-refractivity contribution is 5.80. The van der Waals surface area contributed by atoms with Crippen LogP contribution < -0.4 is 5.73 Å². The van der Waals surface area contributed by atoms with Gasteiger partial charge in [-0.25, -0.2) is 4.79 Å². The van der Waals surface area contributed by atoms with Crippen LogP contribution in [0.1, 0.15) is 11.3 Å². The van der Waals surface area contributed by atoms with Crippen LogP contribution in [0.3, 0.4) is 0 Å². The molecule has 5 nitrogen and oxygen atoms in total. The number of benzene rings is 1. The fourth-order valence-corrected chi connectivity index (χ4v) is 1.74. The number of carboxylic acids is 1. The minimum absolute atomic E-state index is 0.0974. The first-order valence-electron chi connectivity index (χ1n) is 5.45. The summed E-state index contributed by atoms with van der Waals surface area (Å²) in [6, 6.07) is 8.73. The van der Waals surface area contributed by atoms with Gasteiger partial charge >= 0.3 is 5.97 Å². The van der Waals surface area contributed by atoms with Gasteiger partial charge in [0.15, 0.2) is 0 Å². The van der Waals surface area contributed by atoms with Crippen LogP contribution in [0, 0.1) is 0 Å². The van der Waals surface area contributed by atoms with Gasteiger partial charge in [-0.3, -0.25) is 9.97 Å². The van der Waals surface area contributed by atoms with Crippen molar-refractivity contribution >= 4 is 5.97 Å². The lowest BCUT2D eigenvalue weighted by molar-refractivity contribution is -0.143. The topological polar surface area (TPSA) is 89.1 Å². The van der Waals surface area contributed by atoms with E-state index < -0.39 is 11.5 Å². The van der Waals surface area contributed by atoms with Crippen LogP contribution in [0.2, 0.25) is 0 Å². The molecule has 0 saturated carbocycles. The maximum absolute atomic E-state index is 11.5. The smallest absolute Gasteiger partial charge is 0.328 e. The number of rotatable bonds is 4. The summed E-state index contributed by atoms with van der Waals surface area (Å²) in [7, 11) is 0. The van der Waals surface area contributed by atoms with E-state index in [0.29, 0.717) is 11.3 Å². The molecule has 5 heteroatoms. The van der Waals surface area contributed by atoms with E-state index in [1.807, 2.05) is 6.07 Å². The Labute approximate surface area is 104 Å². The van der Waals surface area contributed by atoms with Crippen LogP contribution >= 0.6 is 0 Å². The number of aromatic nitrogens is 2. The number of hydrogen-bond acceptors (Lipinski definition) is 4. The Morgan fingerprint density at radius 3 is 2.56 bits per heavy atom. The molecule has 0 aliphatic heterocycles. The van der Waals surface area contributed by atoms with E-state index in [2.05, 4.69) is 9.97 Å². The molecular formula is C13H13N3O2. The fourth-order valence-electron chi connectivity index (χ4n) is 1.74. The van der Waals surface area contributed by atoms with Gasteiger partial charge in [-0.1, -0.05) is 30.3 Å². The van der Waals surface area contributed by atoms with Crippen molar-refractivity contribution in [1.82, 2.24) is 9.97 Å². The minimum Gasteiger partial charge on any atom is -0.480 e. The second kappa shape index (κ2) is 4.93. The van der Waals surface area contributed by atoms with Crippen LogP contribution in [0.15, 0.2) is 48.9 Å². The molecule has 2 rings (SSSR count). The number of carbonyl (C=O) groups is 1. The number of carboxylic acid groups (broad SMARTS) is 1. The molecule has 92 valence electrons. The zero-order chi connectivity index (χ0) is 13.0. The molecule has 0 aliphatic rings. The van der Waals surface area contributed by atoms with Gasteiger partial charge in [-0.05, 0) is 5.56 Å². The first kappa shape index (κ1) is 12.2. The predicted molar refractivity (Wildman–Crippen MR) is 65.7 cm³/mol. The Kier molecular flexibility index (Phi) is 3.34. The maximum Gasteiger partial charge on any atom is 0.328 e. The van der Waals surface area contributed by atoms with Crippen molar-refractivity contribution in [3.05, 3.63) is 60.2 Å². The normalized spacial score (nSPS) is 13.8. The lowest BCUT2D eigenvalue weighted by Crippen LogP contribution is -2.47. The Morgan fingerprint density at radius 1 is 1.28 bits per heavy atom. The summed E-state index contributed by atoms with van der Waals surface area (Å²) >= 11 is 0. The molecule has 0 bridgehead atoms. The molecule has 1 heterocycles. The first-order chi connectivity index (χ1) is 8.63. The molecule has 1 aromatic heterocycles. The van der Waals surface area contributed by atoms with Gasteiger partial charge in [0.25, 0.3) is 0 Å². The molecule has 1 aromatic carbocycles. The SMILES string of the molecule is NC(Cc1cnccn1)(C(=O)O)c1ccccc1. The third-order valence-corrected chi connectivity index (χ3v) is 2.75. The third kappa shape index (κ3) is 2.36. The lowest BCUT2D eigenvalue weighted by atomic mass is 9.86. The highest BCUT2D eigenvalue weighted by atomic mass is 16.4. The largest absolute Gasteiger partial charge is 0.480 e. The summed E-state index contributed by atoms with van der Waals surface area (Å²) in [6.45, 7) is 0. The van der Waals surface area contributed by atoms with E-state index >= 15 is 0 Å². The highest BCUT2D eigenvalue weighted by Gasteiger charge is 2.36. The fraction of sp³-hybridized carbons (Fsp3) is 0.154. The Morgan fingerprint density at radius 2 is 2.00 bits per heavy atom. The Hall–Kier alpha value is -2.27. The number of nitrogens with two attached hydrogens (primary N) is 1. The second-order valence-corrected chi connectivity index (χ2v) is 4.02. The van der Waals surface area contributed by atoms with Gasteiger partial charge in [-0.2, -0.15) is 0 Å². The second-order valence-electron chi connectivity index (χ2n) is 4.02. The van der Waals surface area contributed by atoms with E-state index in [0.717, 1.165) is 0 Å². The minimum atomic E-state index is -1.49. The van der Waals surface area contributed by atoms with Crippen molar-refractivity contribution in [2.75, 3.05) is 0 Å². The van der Waals surface area contributed by atoms with Gasteiger partial charge in [0.05, 0.1) is 5.69 Å². The molecule has 0 spiro atoms. The van der Waals surface area contributed by atoms with E-state index in [1.165, 1.54) is 18.6 Å². The molecule has 0 aliphatic carbocycles. The molecule has 0 fully saturated rings. The van der Waals surface area contributed by atoms with Crippen LogP contribution in [0.5, 0.6) is 0 Å². The third-order valence-electron chi connectivity index (χ3n) is 2.75. The lowest BCUT2D eigenvalue weighted by Gasteiger charge is -2.24. The molecule has 0 amide bonds. The van der Waals surface area contributed by atoms with Crippen LogP contribution in [0.25, 0.3) is 0 Å². The number of hydrogen-bond donors (Lipinski definition) is 2. The van der Waals surface area contributed by atoms with Gasteiger partial charge in [-0.15, -0.1) is 0 Å². The zero-order valence-corrected chi connectivity index (χ0v) is 9.65. The molecule has 3 N–H and O–H groups in total. The summed E-state index contributed by atoms with van der Waals surface area (Å²) in [5, 5.41) is 9.37. The number of nitrogens with zero attached hydrogens (tertiary/aromatic N) is 2. The van der Waals surface area contributed by atoms with Gasteiger partial charge in [0.2, 0.25) is 0 Å². The van der Waals surface area contributed by atoms with E-state index in [9.17, 15) is 9.90 Å². The zero-order valence-electron chi connectivity index (χ0n) is 9.65. The van der Waals surface area contributed by atoms with Crippen LogP contribution in [0.4, 0.5) is 0 Å². The maximum atomic E-state index is 11.5. The first-order valence-corrected chi connectivity index (χ1v) is 5.45. The van der Waals surface area contributed by atoms with Crippen molar-refractivity contribution in [3.63, 3.8) is 0 Å². The summed E-state index contributed by atoms with van der Waals surface area (Å²) in [6.07, 6.45) is 4.67. The average molecular weight is 243 g/mol. The number of aliphatic carboxylic acids is 1. The molecule has 1 atom stereocenters. The van der Waals surface area contributed by atoms with Gasteiger partial charge in [0, 0.05) is 25.0 Å². The average Bonchev–Trinajstić information content (AvgIpc) is 2.40. The van der Waals surface area contributed by atoms with Crippen molar-refractivity contribution in [2.45, 2.75) is 12.0 Å². The van der Waals surface area contributed by atoms with E-state index in [-0.39, 0.29) is 6.42 Å². The summed E-state index contributed by atoms with van der Waals surface area (Å²) < 4.78 is 0. The Balaban J connectivity index is 2.37. The van der Waals surface area contributed by atoms with Crippen molar-refractivity contribution in [3.8, 4) is 0 Å². The summed E-state index contributed by atoms with van der Waals surface area (Å²) in [4.78, 5) is 19.4. The van der Waals surface area contributed by atoms with Crippen molar-refractivity contribution in [2.24, 2.45) is 5.73 Å². The summed E-state index contributed by atoms with van der Waals surface area (Å²) in [5.41, 5.74) is 5.63. The molecule has 0 saturated heterocycles. The molecular weight excluding hydrogens is 230 g/mol. The quantitative estimate of drug-likeness (QED) is 0.834. The van der Waals surface area contributed by atoms with Crippen LogP contribution in [-0.4, -0.2) is 21.0 Å². The Bertz CT molecular complexity index is 530. The van der Waals surface area contributed by atoms with E-state index in [4.69, 9.17) is 5.73 Å². The van der Waals surface area contributed by atoms with E-state index in [1.54, 1.807) is 24.3 Å². The monoisotopic (exact) mass is 243 g/mol. The molecule has 18 heavy (non-hydrogen) atoms. The predicted octanol–water partition coefficient (Wildman–Crippen LogP) is 0.958. The van der Waals surface area contributed by atoms with Crippen LogP contribution in [-0.2, 0) is 16.8 Å². The van der Waals surface area contributed by atoms with Crippen molar-refractivity contribution < 1.29 is 9.90 Å². The molecule has 1 unspecified atom stereocenters. The van der Waals surface area contributed by atoms with Gasteiger partial charge in [0.1, 0.15) is 5.54 Å². The molecule has 2 aromatic rings.